The van der Waals surface area contributed by atoms with E-state index < -0.39 is 5.97 Å². The number of nitrogens with two attached hydrogens (primary N) is 2. The second-order valence-corrected chi connectivity index (χ2v) is 16.7. The van der Waals surface area contributed by atoms with E-state index in [0.717, 1.165) is 32.3 Å². The van der Waals surface area contributed by atoms with Crippen molar-refractivity contribution in [3.8, 4) is 0 Å². The maximum Gasteiger partial charge on any atom is 0.327 e. The van der Waals surface area contributed by atoms with Crippen LogP contribution in [0, 0.1) is 47.3 Å². The lowest BCUT2D eigenvalue weighted by Crippen LogP contribution is -2.29. The van der Waals surface area contributed by atoms with Crippen molar-refractivity contribution in [1.29, 1.82) is 0 Å². The summed E-state index contributed by atoms with van der Waals surface area (Å²) in [6.07, 6.45) is 21.3. The summed E-state index contributed by atoms with van der Waals surface area (Å²) >= 11 is 0. The number of methoxy groups -OCH3 is 4. The quantitative estimate of drug-likeness (QED) is 0.0890. The van der Waals surface area contributed by atoms with E-state index in [1.165, 1.54) is 75.8 Å². The van der Waals surface area contributed by atoms with Crippen LogP contribution in [-0.2, 0) is 42.9 Å². The normalized spacial score (nSPS) is 25.0. The number of carbonyl (C=O) groups excluding carboxylic acids is 4. The predicted molar refractivity (Wildman–Crippen MR) is 241 cm³/mol. The monoisotopic (exact) mass is 869 g/mol. The molecule has 14 nitrogen and oxygen atoms in total. The summed E-state index contributed by atoms with van der Waals surface area (Å²) in [4.78, 5) is 56.8. The lowest BCUT2D eigenvalue weighted by atomic mass is 9.82. The molecule has 6 aliphatic rings. The molecular formula is C47H88N4O10. The van der Waals surface area contributed by atoms with Crippen LogP contribution in [0.15, 0.2) is 12.7 Å². The van der Waals surface area contributed by atoms with Gasteiger partial charge in [-0.1, -0.05) is 47.1 Å². The van der Waals surface area contributed by atoms with Gasteiger partial charge in [-0.05, 0) is 138 Å². The third-order valence-corrected chi connectivity index (χ3v) is 13.2. The van der Waals surface area contributed by atoms with Crippen LogP contribution in [0.25, 0.3) is 0 Å². The van der Waals surface area contributed by atoms with E-state index in [0.29, 0.717) is 51.9 Å². The van der Waals surface area contributed by atoms with Crippen molar-refractivity contribution in [2.24, 2.45) is 58.8 Å². The molecule has 5 N–H and O–H groups in total. The van der Waals surface area contributed by atoms with E-state index in [2.05, 4.69) is 25.5 Å². The van der Waals surface area contributed by atoms with Gasteiger partial charge in [-0.3, -0.25) is 19.2 Å². The van der Waals surface area contributed by atoms with Crippen molar-refractivity contribution < 1.29 is 48.0 Å². The molecule has 0 saturated heterocycles. The van der Waals surface area contributed by atoms with Crippen LogP contribution in [0.1, 0.15) is 130 Å². The number of ether oxygens (including phenoxy) is 4. The lowest BCUT2D eigenvalue weighted by molar-refractivity contribution is -0.142. The highest BCUT2D eigenvalue weighted by Crippen LogP contribution is 2.59. The average molecular weight is 869 g/mol. The summed E-state index contributed by atoms with van der Waals surface area (Å²) in [6.45, 7) is 16.3. The van der Waals surface area contributed by atoms with Crippen LogP contribution in [0.4, 0.5) is 0 Å². The molecule has 6 fully saturated rings. The first-order chi connectivity index (χ1) is 29.3. The maximum absolute atomic E-state index is 10.9. The molecule has 6 aliphatic carbocycles. The van der Waals surface area contributed by atoms with Gasteiger partial charge in [0.05, 0.1) is 54.1 Å². The molecule has 6 rings (SSSR count). The van der Waals surface area contributed by atoms with Crippen molar-refractivity contribution in [3.05, 3.63) is 12.7 Å². The predicted octanol–water partition coefficient (Wildman–Crippen LogP) is 6.72. The number of fused-ring (bicyclic) bond motifs is 10. The molecule has 4 bridgehead atoms. The Labute approximate surface area is 369 Å². The molecule has 0 aromatic rings. The maximum atomic E-state index is 10.9. The third kappa shape index (κ3) is 23.8. The number of esters is 4. The Kier molecular flexibility index (Phi) is 33.6. The topological polar surface area (TPSA) is 201 Å². The molecule has 0 radical (unpaired) electrons. The van der Waals surface area contributed by atoms with Crippen molar-refractivity contribution >= 4 is 29.8 Å². The Morgan fingerprint density at radius 2 is 0.738 bits per heavy atom. The number of aliphatic carboxylic acids is 1. The Hall–Kier alpha value is -3.07. The molecule has 0 heterocycles. The zero-order valence-corrected chi connectivity index (χ0v) is 39.5. The number of hydrogen-bond acceptors (Lipinski definition) is 13. The fourth-order valence-corrected chi connectivity index (χ4v) is 10.3. The fraction of sp³-hybridized carbons (Fsp3) is 0.851. The molecule has 61 heavy (non-hydrogen) atoms. The van der Waals surface area contributed by atoms with Crippen LogP contribution >= 0.6 is 0 Å². The molecule has 0 amide bonds. The Bertz CT molecular complexity index is 1070. The molecule has 8 unspecified atom stereocenters. The summed E-state index contributed by atoms with van der Waals surface area (Å²) in [5.74, 6) is 7.70. The van der Waals surface area contributed by atoms with Gasteiger partial charge < -0.3 is 45.3 Å². The molecule has 0 spiro atoms. The second-order valence-electron chi connectivity index (χ2n) is 16.7. The van der Waals surface area contributed by atoms with Gasteiger partial charge in [0.2, 0.25) is 0 Å². The van der Waals surface area contributed by atoms with E-state index >= 15 is 0 Å². The zero-order chi connectivity index (χ0) is 46.2. The third-order valence-electron chi connectivity index (χ3n) is 13.2. The van der Waals surface area contributed by atoms with Gasteiger partial charge in [-0.15, -0.1) is 0 Å². The Balaban J connectivity index is 0.000000732. The van der Waals surface area contributed by atoms with Crippen molar-refractivity contribution in [2.45, 2.75) is 130 Å². The number of carboxylic acids is 1. The summed E-state index contributed by atoms with van der Waals surface area (Å²) in [6, 6.07) is 0. The highest BCUT2D eigenvalue weighted by Gasteiger charge is 2.49. The first-order valence-corrected chi connectivity index (χ1v) is 23.2. The number of rotatable bonds is 15. The molecule has 0 aromatic heterocycles. The largest absolute Gasteiger partial charge is 0.478 e. The molecule has 356 valence electrons. The standard InChI is InChI=1S/2C10H19NO4.2C10H16.C3H4O2.2C2H7N/c2*1-4-11(7-5-9(12)14-2)8-6-10(13)15-3;2*1-2-9-7-4-5-8(6-7)10(9)3-1;1-2-3(4)5;2*1-2-3/h2*4-8H2,1-3H3;2*7-10H,1-6H2;2H,1H2,(H,4,5);2*2-3H2,1H3. The van der Waals surface area contributed by atoms with Crippen LogP contribution < -0.4 is 11.5 Å². The van der Waals surface area contributed by atoms with Crippen LogP contribution in [0.2, 0.25) is 0 Å². The molecule has 14 heteroatoms. The summed E-state index contributed by atoms with van der Waals surface area (Å²) in [7, 11) is 5.47. The minimum absolute atomic E-state index is 0.230. The van der Waals surface area contributed by atoms with E-state index in [-0.39, 0.29) is 23.9 Å². The number of carboxylic acid groups (broad SMARTS) is 1. The minimum atomic E-state index is -0.981. The molecular weight excluding hydrogens is 781 g/mol. The van der Waals surface area contributed by atoms with Gasteiger partial charge >= 0.3 is 29.8 Å². The molecule has 0 aliphatic heterocycles. The number of nitrogens with zero attached hydrogens (tertiary/aromatic N) is 2. The first-order valence-electron chi connectivity index (χ1n) is 23.2. The minimum Gasteiger partial charge on any atom is -0.478 e. The first kappa shape index (κ1) is 57.9. The molecule has 8 atom stereocenters. The summed E-state index contributed by atoms with van der Waals surface area (Å²) < 4.78 is 18.1. The van der Waals surface area contributed by atoms with E-state index in [4.69, 9.17) is 16.6 Å². The van der Waals surface area contributed by atoms with Gasteiger partial charge in [0.1, 0.15) is 0 Å². The fourth-order valence-electron chi connectivity index (χ4n) is 10.3. The highest BCUT2D eigenvalue weighted by molar-refractivity contribution is 5.78. The van der Waals surface area contributed by atoms with E-state index in [1.54, 1.807) is 77.0 Å². The average Bonchev–Trinajstić information content (AvgIpc) is 4.14. The van der Waals surface area contributed by atoms with Gasteiger partial charge in [-0.2, -0.15) is 0 Å². The summed E-state index contributed by atoms with van der Waals surface area (Å²) in [5, 5.41) is 7.60. The summed E-state index contributed by atoms with van der Waals surface area (Å²) in [5.41, 5.74) is 9.69. The van der Waals surface area contributed by atoms with Crippen LogP contribution in [0.3, 0.4) is 0 Å². The van der Waals surface area contributed by atoms with Gasteiger partial charge in [0.15, 0.2) is 0 Å². The lowest BCUT2D eigenvalue weighted by Gasteiger charge is -2.23. The molecule has 0 aromatic carbocycles. The Morgan fingerprint density at radius 3 is 0.902 bits per heavy atom. The van der Waals surface area contributed by atoms with Crippen molar-refractivity contribution in [1.82, 2.24) is 9.80 Å². The van der Waals surface area contributed by atoms with Gasteiger partial charge in [0, 0.05) is 32.3 Å². The van der Waals surface area contributed by atoms with Gasteiger partial charge in [0.25, 0.3) is 0 Å². The SMILES string of the molecule is C1CC2C3CCC(C3)C2C1.C1CC2C3CCC(C3)C2C1.C=CC(=O)O.CCN.CCN.CCN(CCC(=O)OC)CCC(=O)OC.CCN(CCC(=O)OC)CCC(=O)OC. The smallest absolute Gasteiger partial charge is 0.327 e. The second kappa shape index (κ2) is 35.4. The number of hydrogen-bond donors (Lipinski definition) is 3. The molecule has 6 saturated carbocycles. The van der Waals surface area contributed by atoms with Crippen molar-refractivity contribution in [3.63, 3.8) is 0 Å². The Morgan fingerprint density at radius 1 is 0.525 bits per heavy atom. The van der Waals surface area contributed by atoms with Crippen LogP contribution in [-0.4, -0.2) is 126 Å². The highest BCUT2D eigenvalue weighted by atomic mass is 16.5. The van der Waals surface area contributed by atoms with Crippen molar-refractivity contribution in [2.75, 3.05) is 80.8 Å². The van der Waals surface area contributed by atoms with Gasteiger partial charge in [-0.25, -0.2) is 4.79 Å². The van der Waals surface area contributed by atoms with Crippen LogP contribution in [0.5, 0.6) is 0 Å². The van der Waals surface area contributed by atoms with E-state index in [1.807, 2.05) is 37.5 Å². The zero-order valence-electron chi connectivity index (χ0n) is 39.5. The van der Waals surface area contributed by atoms with E-state index in [9.17, 15) is 24.0 Å². The number of carbonyl (C=O) groups is 5.